The van der Waals surface area contributed by atoms with Gasteiger partial charge in [0, 0.05) is 23.6 Å². The minimum atomic E-state index is -4.41. The van der Waals surface area contributed by atoms with Gasteiger partial charge in [-0.05, 0) is 42.4 Å². The van der Waals surface area contributed by atoms with E-state index < -0.39 is 17.2 Å². The zero-order valence-corrected chi connectivity index (χ0v) is 14.0. The van der Waals surface area contributed by atoms with Crippen LogP contribution >= 0.6 is 11.8 Å². The number of aryl methyl sites for hydroxylation is 1. The number of pyridine rings is 1. The molecule has 3 aromatic rings. The van der Waals surface area contributed by atoms with E-state index in [2.05, 4.69) is 10.3 Å². The molecule has 130 valence electrons. The molecule has 0 fully saturated rings. The van der Waals surface area contributed by atoms with E-state index in [1.807, 2.05) is 35.9 Å². The summed E-state index contributed by atoms with van der Waals surface area (Å²) in [6, 6.07) is 10.7. The highest BCUT2D eigenvalue weighted by atomic mass is 32.2. The van der Waals surface area contributed by atoms with E-state index >= 15 is 0 Å². The number of nitrogens with zero attached hydrogens (tertiary/aromatic N) is 2. The number of benzene rings is 1. The minimum Gasteiger partial charge on any atom is -0.325 e. The largest absolute Gasteiger partial charge is 0.442 e. The van der Waals surface area contributed by atoms with Crippen molar-refractivity contribution in [2.45, 2.75) is 12.4 Å². The Bertz CT molecular complexity index is 904. The summed E-state index contributed by atoms with van der Waals surface area (Å²) < 4.78 is 38.2. The van der Waals surface area contributed by atoms with E-state index in [4.69, 9.17) is 0 Å². The van der Waals surface area contributed by atoms with Gasteiger partial charge in [0.15, 0.2) is 0 Å². The van der Waals surface area contributed by atoms with Crippen LogP contribution in [0.1, 0.15) is 5.56 Å². The Morgan fingerprint density at radius 3 is 2.60 bits per heavy atom. The smallest absolute Gasteiger partial charge is 0.325 e. The second-order valence-corrected chi connectivity index (χ2v) is 6.45. The molecule has 0 saturated heterocycles. The Balaban J connectivity index is 1.71. The normalized spacial score (nSPS) is 11.7. The molecule has 4 nitrogen and oxygen atoms in total. The molecule has 0 aliphatic carbocycles. The Kier molecular flexibility index (Phi) is 4.71. The van der Waals surface area contributed by atoms with Gasteiger partial charge in [-0.1, -0.05) is 18.2 Å². The first-order chi connectivity index (χ1) is 11.8. The van der Waals surface area contributed by atoms with Crippen LogP contribution in [-0.2, 0) is 4.79 Å². The van der Waals surface area contributed by atoms with Crippen molar-refractivity contribution in [3.8, 4) is 11.3 Å². The van der Waals surface area contributed by atoms with Crippen LogP contribution in [0.4, 0.5) is 18.9 Å². The van der Waals surface area contributed by atoms with Gasteiger partial charge in [-0.15, -0.1) is 0 Å². The first kappa shape index (κ1) is 17.3. The van der Waals surface area contributed by atoms with E-state index in [1.54, 1.807) is 24.3 Å². The fraction of sp³-hybridized carbons (Fsp3) is 0.176. The summed E-state index contributed by atoms with van der Waals surface area (Å²) in [5, 5.41) is 2.44. The van der Waals surface area contributed by atoms with E-state index in [0.29, 0.717) is 5.69 Å². The highest BCUT2D eigenvalue weighted by molar-refractivity contribution is 8.00. The van der Waals surface area contributed by atoms with Crippen LogP contribution in [0.3, 0.4) is 0 Å². The van der Waals surface area contributed by atoms with Crippen LogP contribution < -0.4 is 5.32 Å². The molecular formula is C17H14F3N3OS. The maximum absolute atomic E-state index is 12.1. The summed E-state index contributed by atoms with van der Waals surface area (Å²) in [6.45, 7) is 1.98. The standard InChI is InChI=1S/C17H14F3N3OS/c1-11-3-2-8-23-9-14(22-16(11)23)12-4-6-13(7-5-12)21-15(24)10-25-17(18,19)20/h2-9H,10H2,1H3,(H,21,24). The Hall–Kier alpha value is -2.48. The van der Waals surface area contributed by atoms with Crippen LogP contribution in [0.5, 0.6) is 0 Å². The van der Waals surface area contributed by atoms with Crippen molar-refractivity contribution in [2.24, 2.45) is 0 Å². The summed E-state index contributed by atoms with van der Waals surface area (Å²) in [5.41, 5.74) is -0.427. The van der Waals surface area contributed by atoms with Gasteiger partial charge in [0.2, 0.25) is 5.91 Å². The molecule has 0 saturated carbocycles. The molecule has 0 unspecified atom stereocenters. The fourth-order valence-corrected chi connectivity index (χ4v) is 2.73. The SMILES string of the molecule is Cc1cccn2cc(-c3ccc(NC(=O)CSC(F)(F)F)cc3)nc12. The Morgan fingerprint density at radius 1 is 1.24 bits per heavy atom. The summed E-state index contributed by atoms with van der Waals surface area (Å²) in [5.74, 6) is -1.37. The average Bonchev–Trinajstić information content (AvgIpc) is 2.99. The third-order valence-corrected chi connectivity index (χ3v) is 4.24. The van der Waals surface area contributed by atoms with E-state index in [9.17, 15) is 18.0 Å². The highest BCUT2D eigenvalue weighted by Crippen LogP contribution is 2.30. The third kappa shape index (κ3) is 4.33. The van der Waals surface area contributed by atoms with Crippen molar-refractivity contribution in [1.82, 2.24) is 9.38 Å². The van der Waals surface area contributed by atoms with Crippen molar-refractivity contribution in [2.75, 3.05) is 11.1 Å². The topological polar surface area (TPSA) is 46.4 Å². The van der Waals surface area contributed by atoms with Crippen LogP contribution in [0.2, 0.25) is 0 Å². The van der Waals surface area contributed by atoms with Crippen molar-refractivity contribution >= 4 is 29.0 Å². The number of carbonyl (C=O) groups excluding carboxylic acids is 1. The molecule has 3 rings (SSSR count). The molecule has 0 aliphatic heterocycles. The monoisotopic (exact) mass is 365 g/mol. The zero-order chi connectivity index (χ0) is 18.0. The first-order valence-electron chi connectivity index (χ1n) is 7.37. The number of hydrogen-bond donors (Lipinski definition) is 1. The minimum absolute atomic E-state index is 0.360. The number of imidazole rings is 1. The number of hydrogen-bond acceptors (Lipinski definition) is 3. The molecule has 0 radical (unpaired) electrons. The molecular weight excluding hydrogens is 351 g/mol. The number of fused-ring (bicyclic) bond motifs is 1. The van der Waals surface area contributed by atoms with Gasteiger partial charge in [0.1, 0.15) is 5.65 Å². The van der Waals surface area contributed by atoms with E-state index in [-0.39, 0.29) is 11.8 Å². The lowest BCUT2D eigenvalue weighted by Gasteiger charge is -2.07. The molecule has 25 heavy (non-hydrogen) atoms. The van der Waals surface area contributed by atoms with Crippen LogP contribution in [0.15, 0.2) is 48.8 Å². The number of halogens is 3. The molecule has 0 spiro atoms. The average molecular weight is 365 g/mol. The summed E-state index contributed by atoms with van der Waals surface area (Å²) in [6.07, 6.45) is 3.81. The fourth-order valence-electron chi connectivity index (χ4n) is 2.36. The van der Waals surface area contributed by atoms with Gasteiger partial charge in [0.05, 0.1) is 11.4 Å². The van der Waals surface area contributed by atoms with Crippen LogP contribution in [0.25, 0.3) is 16.9 Å². The van der Waals surface area contributed by atoms with Gasteiger partial charge in [-0.2, -0.15) is 13.2 Å². The lowest BCUT2D eigenvalue weighted by Crippen LogP contribution is -2.17. The maximum Gasteiger partial charge on any atom is 0.442 e. The second-order valence-electron chi connectivity index (χ2n) is 5.41. The highest BCUT2D eigenvalue weighted by Gasteiger charge is 2.29. The number of amides is 1. The number of alkyl halides is 3. The first-order valence-corrected chi connectivity index (χ1v) is 8.36. The van der Waals surface area contributed by atoms with E-state index in [0.717, 1.165) is 22.5 Å². The zero-order valence-electron chi connectivity index (χ0n) is 13.2. The molecule has 2 aromatic heterocycles. The van der Waals surface area contributed by atoms with Crippen LogP contribution in [-0.4, -0.2) is 26.6 Å². The van der Waals surface area contributed by atoms with Gasteiger partial charge < -0.3 is 9.72 Å². The molecule has 1 amide bonds. The Morgan fingerprint density at radius 2 is 1.96 bits per heavy atom. The van der Waals surface area contributed by atoms with Gasteiger partial charge in [-0.3, -0.25) is 4.79 Å². The second kappa shape index (κ2) is 6.79. The predicted molar refractivity (Wildman–Crippen MR) is 92.5 cm³/mol. The summed E-state index contributed by atoms with van der Waals surface area (Å²) in [7, 11) is 0. The number of nitrogens with one attached hydrogen (secondary N) is 1. The molecule has 2 heterocycles. The van der Waals surface area contributed by atoms with Gasteiger partial charge in [0.25, 0.3) is 0 Å². The molecule has 1 N–H and O–H groups in total. The number of aromatic nitrogens is 2. The van der Waals surface area contributed by atoms with E-state index in [1.165, 1.54) is 0 Å². The summed E-state index contributed by atoms with van der Waals surface area (Å²) in [4.78, 5) is 16.1. The molecule has 0 atom stereocenters. The van der Waals surface area contributed by atoms with Crippen molar-refractivity contribution in [3.05, 3.63) is 54.4 Å². The number of rotatable bonds is 4. The lowest BCUT2D eigenvalue weighted by atomic mass is 10.1. The number of anilines is 1. The summed E-state index contributed by atoms with van der Waals surface area (Å²) >= 11 is -0.360. The van der Waals surface area contributed by atoms with Crippen molar-refractivity contribution < 1.29 is 18.0 Å². The van der Waals surface area contributed by atoms with Crippen LogP contribution in [0, 0.1) is 6.92 Å². The third-order valence-electron chi connectivity index (χ3n) is 3.51. The molecule has 0 bridgehead atoms. The maximum atomic E-state index is 12.1. The molecule has 1 aromatic carbocycles. The Labute approximate surface area is 146 Å². The number of carbonyl (C=O) groups is 1. The quantitative estimate of drug-likeness (QED) is 0.740. The predicted octanol–water partition coefficient (Wildman–Crippen LogP) is 4.50. The van der Waals surface area contributed by atoms with Crippen molar-refractivity contribution in [1.29, 1.82) is 0 Å². The molecule has 8 heteroatoms. The molecule has 0 aliphatic rings. The lowest BCUT2D eigenvalue weighted by molar-refractivity contribution is -0.114. The van der Waals surface area contributed by atoms with Gasteiger partial charge in [-0.25, -0.2) is 4.98 Å². The van der Waals surface area contributed by atoms with Gasteiger partial charge >= 0.3 is 5.51 Å². The number of thioether (sulfide) groups is 1. The van der Waals surface area contributed by atoms with Crippen molar-refractivity contribution in [3.63, 3.8) is 0 Å².